The van der Waals surface area contributed by atoms with E-state index in [0.717, 1.165) is 24.9 Å². The SMILES string of the molecule is COCCCCN1CC[C@@H](O)[C@](Cc2ccc(F)cc2)(C(=O)O)C1. The van der Waals surface area contributed by atoms with Crippen molar-refractivity contribution in [3.8, 4) is 0 Å². The van der Waals surface area contributed by atoms with E-state index < -0.39 is 17.5 Å². The molecule has 1 aromatic rings. The number of rotatable bonds is 8. The molecule has 6 heteroatoms. The number of hydrogen-bond donors (Lipinski definition) is 2. The fraction of sp³-hybridized carbons (Fsp3) is 0.611. The van der Waals surface area contributed by atoms with Gasteiger partial charge < -0.3 is 19.8 Å². The van der Waals surface area contributed by atoms with Gasteiger partial charge in [-0.3, -0.25) is 4.79 Å². The average molecular weight is 339 g/mol. The van der Waals surface area contributed by atoms with E-state index in [9.17, 15) is 19.4 Å². The zero-order chi connectivity index (χ0) is 17.6. The lowest BCUT2D eigenvalue weighted by Crippen LogP contribution is -2.57. The molecule has 1 heterocycles. The molecule has 1 fully saturated rings. The highest BCUT2D eigenvalue weighted by atomic mass is 19.1. The Morgan fingerprint density at radius 2 is 2.08 bits per heavy atom. The summed E-state index contributed by atoms with van der Waals surface area (Å²) in [6.07, 6.45) is 1.56. The second-order valence-electron chi connectivity index (χ2n) is 6.55. The van der Waals surface area contributed by atoms with Crippen LogP contribution in [0.4, 0.5) is 4.39 Å². The number of aliphatic hydroxyl groups excluding tert-OH is 1. The smallest absolute Gasteiger partial charge is 0.313 e. The quantitative estimate of drug-likeness (QED) is 0.708. The van der Waals surface area contributed by atoms with E-state index in [1.54, 1.807) is 19.2 Å². The van der Waals surface area contributed by atoms with E-state index in [2.05, 4.69) is 4.90 Å². The lowest BCUT2D eigenvalue weighted by molar-refractivity contribution is -0.163. The number of carboxylic acids is 1. The Hall–Kier alpha value is -1.50. The molecule has 1 aliphatic rings. The summed E-state index contributed by atoms with van der Waals surface area (Å²) in [4.78, 5) is 14.1. The van der Waals surface area contributed by atoms with Gasteiger partial charge in [-0.2, -0.15) is 0 Å². The van der Waals surface area contributed by atoms with Crippen LogP contribution in [0.25, 0.3) is 0 Å². The molecule has 5 nitrogen and oxygen atoms in total. The van der Waals surface area contributed by atoms with Crippen LogP contribution in [0.2, 0.25) is 0 Å². The number of aliphatic carboxylic acids is 1. The number of ether oxygens (including phenoxy) is 1. The van der Waals surface area contributed by atoms with Crippen molar-refractivity contribution in [1.82, 2.24) is 4.90 Å². The Balaban J connectivity index is 2.09. The van der Waals surface area contributed by atoms with Crippen molar-refractivity contribution >= 4 is 5.97 Å². The van der Waals surface area contributed by atoms with Crippen molar-refractivity contribution in [3.05, 3.63) is 35.6 Å². The number of aliphatic hydroxyl groups is 1. The largest absolute Gasteiger partial charge is 0.481 e. The van der Waals surface area contributed by atoms with Crippen LogP contribution in [-0.2, 0) is 16.0 Å². The van der Waals surface area contributed by atoms with Gasteiger partial charge in [0.05, 0.1) is 6.10 Å². The van der Waals surface area contributed by atoms with Gasteiger partial charge in [0, 0.05) is 26.8 Å². The van der Waals surface area contributed by atoms with E-state index in [0.29, 0.717) is 26.1 Å². The minimum absolute atomic E-state index is 0.193. The van der Waals surface area contributed by atoms with Crippen molar-refractivity contribution in [1.29, 1.82) is 0 Å². The summed E-state index contributed by atoms with van der Waals surface area (Å²) in [5, 5.41) is 20.3. The maximum atomic E-state index is 13.1. The van der Waals surface area contributed by atoms with Crippen LogP contribution in [0.3, 0.4) is 0 Å². The first-order chi connectivity index (χ1) is 11.5. The second kappa shape index (κ2) is 8.55. The van der Waals surface area contributed by atoms with Crippen LogP contribution in [0.5, 0.6) is 0 Å². The van der Waals surface area contributed by atoms with Gasteiger partial charge in [-0.25, -0.2) is 4.39 Å². The third kappa shape index (κ3) is 4.53. The lowest BCUT2D eigenvalue weighted by Gasteiger charge is -2.43. The second-order valence-corrected chi connectivity index (χ2v) is 6.55. The Morgan fingerprint density at radius 3 is 2.71 bits per heavy atom. The van der Waals surface area contributed by atoms with Crippen molar-refractivity contribution in [2.24, 2.45) is 5.41 Å². The molecular weight excluding hydrogens is 313 g/mol. The average Bonchev–Trinajstić information content (AvgIpc) is 2.56. The van der Waals surface area contributed by atoms with E-state index in [-0.39, 0.29) is 12.2 Å². The normalized spacial score (nSPS) is 24.9. The van der Waals surface area contributed by atoms with Gasteiger partial charge in [-0.1, -0.05) is 12.1 Å². The van der Waals surface area contributed by atoms with Crippen molar-refractivity contribution < 1.29 is 24.1 Å². The third-order valence-electron chi connectivity index (χ3n) is 4.79. The minimum Gasteiger partial charge on any atom is -0.481 e. The fourth-order valence-corrected chi connectivity index (χ4v) is 3.36. The number of halogens is 1. The zero-order valence-corrected chi connectivity index (χ0v) is 14.1. The molecule has 1 aromatic carbocycles. The summed E-state index contributed by atoms with van der Waals surface area (Å²) < 4.78 is 18.1. The third-order valence-corrected chi connectivity index (χ3v) is 4.79. The molecule has 1 aliphatic heterocycles. The molecule has 0 spiro atoms. The first-order valence-electron chi connectivity index (χ1n) is 8.35. The summed E-state index contributed by atoms with van der Waals surface area (Å²) >= 11 is 0. The van der Waals surface area contributed by atoms with Crippen LogP contribution < -0.4 is 0 Å². The molecule has 0 aliphatic carbocycles. The Kier molecular flexibility index (Phi) is 6.71. The molecule has 0 bridgehead atoms. The summed E-state index contributed by atoms with van der Waals surface area (Å²) in [7, 11) is 1.66. The summed E-state index contributed by atoms with van der Waals surface area (Å²) in [6.45, 7) is 2.46. The fourth-order valence-electron chi connectivity index (χ4n) is 3.36. The van der Waals surface area contributed by atoms with Gasteiger partial charge in [0.15, 0.2) is 0 Å². The van der Waals surface area contributed by atoms with Gasteiger partial charge in [0.1, 0.15) is 11.2 Å². The predicted octanol–water partition coefficient (Wildman–Crippen LogP) is 1.93. The monoisotopic (exact) mass is 339 g/mol. The maximum absolute atomic E-state index is 13.1. The zero-order valence-electron chi connectivity index (χ0n) is 14.1. The Bertz CT molecular complexity index is 536. The molecule has 2 rings (SSSR count). The number of likely N-dealkylation sites (tertiary alicyclic amines) is 1. The van der Waals surface area contributed by atoms with Crippen molar-refractivity contribution in [2.45, 2.75) is 31.8 Å². The standard InChI is InChI=1S/C18H26FNO4/c1-24-11-3-2-9-20-10-8-16(21)18(13-20,17(22)23)12-14-4-6-15(19)7-5-14/h4-7,16,21H,2-3,8-13H2,1H3,(H,22,23)/t16-,18-/m1/s1. The van der Waals surface area contributed by atoms with Gasteiger partial charge in [-0.15, -0.1) is 0 Å². The number of methoxy groups -OCH3 is 1. The van der Waals surface area contributed by atoms with Crippen LogP contribution in [0, 0.1) is 11.2 Å². The van der Waals surface area contributed by atoms with Crippen LogP contribution in [0.15, 0.2) is 24.3 Å². The van der Waals surface area contributed by atoms with Gasteiger partial charge in [0.2, 0.25) is 0 Å². The van der Waals surface area contributed by atoms with Crippen LogP contribution >= 0.6 is 0 Å². The summed E-state index contributed by atoms with van der Waals surface area (Å²) in [5.41, 5.74) is -0.531. The van der Waals surface area contributed by atoms with E-state index in [1.807, 2.05) is 0 Å². The van der Waals surface area contributed by atoms with Crippen molar-refractivity contribution in [3.63, 3.8) is 0 Å². The number of carbonyl (C=O) groups is 1. The topological polar surface area (TPSA) is 70.0 Å². The van der Waals surface area contributed by atoms with Crippen LogP contribution in [0.1, 0.15) is 24.8 Å². The molecule has 2 atom stereocenters. The van der Waals surface area contributed by atoms with E-state index >= 15 is 0 Å². The molecule has 0 amide bonds. The maximum Gasteiger partial charge on any atom is 0.313 e. The Labute approximate surface area is 142 Å². The summed E-state index contributed by atoms with van der Waals surface area (Å²) in [5.74, 6) is -1.35. The van der Waals surface area contributed by atoms with Gasteiger partial charge in [0.25, 0.3) is 0 Å². The minimum atomic E-state index is -1.25. The number of unbranched alkanes of at least 4 members (excludes halogenated alkanes) is 1. The molecule has 2 N–H and O–H groups in total. The highest BCUT2D eigenvalue weighted by Gasteiger charge is 2.49. The predicted molar refractivity (Wildman–Crippen MR) is 88.3 cm³/mol. The van der Waals surface area contributed by atoms with Crippen molar-refractivity contribution in [2.75, 3.05) is 33.4 Å². The van der Waals surface area contributed by atoms with Gasteiger partial charge >= 0.3 is 5.97 Å². The molecule has 0 radical (unpaired) electrons. The molecule has 1 saturated heterocycles. The molecule has 0 aromatic heterocycles. The highest BCUT2D eigenvalue weighted by molar-refractivity contribution is 5.76. The number of nitrogens with zero attached hydrogens (tertiary/aromatic N) is 1. The summed E-state index contributed by atoms with van der Waals surface area (Å²) in [6, 6.07) is 5.82. The first-order valence-corrected chi connectivity index (χ1v) is 8.35. The number of hydrogen-bond acceptors (Lipinski definition) is 4. The molecule has 134 valence electrons. The van der Waals surface area contributed by atoms with E-state index in [4.69, 9.17) is 4.74 Å². The molecule has 0 unspecified atom stereocenters. The molecular formula is C18H26FNO4. The highest BCUT2D eigenvalue weighted by Crippen LogP contribution is 2.35. The Morgan fingerprint density at radius 1 is 1.38 bits per heavy atom. The number of piperidine rings is 1. The van der Waals surface area contributed by atoms with Gasteiger partial charge in [-0.05, 0) is 49.9 Å². The number of benzene rings is 1. The first kappa shape index (κ1) is 18.8. The number of carboxylic acid groups (broad SMARTS) is 1. The molecule has 0 saturated carbocycles. The van der Waals surface area contributed by atoms with Crippen LogP contribution in [-0.4, -0.2) is 60.5 Å². The molecule has 24 heavy (non-hydrogen) atoms. The van der Waals surface area contributed by atoms with E-state index in [1.165, 1.54) is 12.1 Å². The lowest BCUT2D eigenvalue weighted by atomic mass is 9.73.